The summed E-state index contributed by atoms with van der Waals surface area (Å²) in [5.41, 5.74) is 0.677. The van der Waals surface area contributed by atoms with E-state index in [1.807, 2.05) is 0 Å². The number of β-amino-alcohol motifs (C(OH)–C–C–N with tert-alkyl or cyclic N) is 1. The number of nitro groups is 1. The first-order valence-electron chi connectivity index (χ1n) is 7.28. The van der Waals surface area contributed by atoms with E-state index in [2.05, 4.69) is 4.90 Å². The van der Waals surface area contributed by atoms with Crippen LogP contribution in [0, 0.1) is 22.0 Å². The summed E-state index contributed by atoms with van der Waals surface area (Å²) >= 11 is 0. The lowest BCUT2D eigenvalue weighted by atomic mass is 10.0. The molecule has 0 aromatic heterocycles. The average Bonchev–Trinajstić information content (AvgIpc) is 2.99. The first kappa shape index (κ1) is 13.5. The minimum Gasteiger partial charge on any atom is -0.387 e. The molecule has 1 aliphatic carbocycles. The van der Waals surface area contributed by atoms with Crippen molar-refractivity contribution in [1.82, 2.24) is 4.90 Å². The number of fused-ring (bicyclic) bond motifs is 1. The van der Waals surface area contributed by atoms with Crippen molar-refractivity contribution in [2.24, 2.45) is 11.8 Å². The summed E-state index contributed by atoms with van der Waals surface area (Å²) in [4.78, 5) is 12.6. The molecule has 108 valence electrons. The average molecular weight is 276 g/mol. The largest absolute Gasteiger partial charge is 0.387 e. The van der Waals surface area contributed by atoms with E-state index in [9.17, 15) is 15.2 Å². The standard InChI is InChI=1S/C15H20N2O3/c18-15(11-3-2-6-14(7-11)17(19)20)10-16-8-12-4-1-5-13(12)9-16/h2-3,6-7,12-13,15,18H,1,4-5,8-10H2. The number of hydrogen-bond acceptors (Lipinski definition) is 4. The molecule has 3 unspecified atom stereocenters. The van der Waals surface area contributed by atoms with Gasteiger partial charge in [-0.1, -0.05) is 18.6 Å². The molecule has 0 bridgehead atoms. The molecule has 3 rings (SSSR count). The number of benzene rings is 1. The van der Waals surface area contributed by atoms with Gasteiger partial charge < -0.3 is 5.11 Å². The Morgan fingerprint density at radius 3 is 2.70 bits per heavy atom. The fraction of sp³-hybridized carbons (Fsp3) is 0.600. The van der Waals surface area contributed by atoms with Gasteiger partial charge in [0.05, 0.1) is 11.0 Å². The molecule has 0 amide bonds. The van der Waals surface area contributed by atoms with Crippen LogP contribution in [0.15, 0.2) is 24.3 Å². The van der Waals surface area contributed by atoms with Gasteiger partial charge in [0.15, 0.2) is 0 Å². The van der Waals surface area contributed by atoms with Crippen LogP contribution in [0.1, 0.15) is 30.9 Å². The predicted molar refractivity (Wildman–Crippen MR) is 75.3 cm³/mol. The third-order valence-electron chi connectivity index (χ3n) is 4.70. The van der Waals surface area contributed by atoms with Gasteiger partial charge in [0.1, 0.15) is 0 Å². The Hall–Kier alpha value is -1.46. The Morgan fingerprint density at radius 1 is 1.35 bits per heavy atom. The normalized spacial score (nSPS) is 27.4. The number of hydrogen-bond donors (Lipinski definition) is 1. The highest BCUT2D eigenvalue weighted by Crippen LogP contribution is 2.38. The van der Waals surface area contributed by atoms with Crippen molar-refractivity contribution in [1.29, 1.82) is 0 Å². The van der Waals surface area contributed by atoms with Crippen molar-refractivity contribution < 1.29 is 10.0 Å². The molecule has 1 saturated carbocycles. The first-order chi connectivity index (χ1) is 9.63. The van der Waals surface area contributed by atoms with Crippen LogP contribution in [0.4, 0.5) is 5.69 Å². The second-order valence-corrected chi connectivity index (χ2v) is 6.04. The molecule has 2 fully saturated rings. The summed E-state index contributed by atoms with van der Waals surface area (Å²) in [6.07, 6.45) is 3.33. The molecule has 0 radical (unpaired) electrons. The number of non-ortho nitro benzene ring substituents is 1. The fourth-order valence-corrected chi connectivity index (χ4v) is 3.68. The van der Waals surface area contributed by atoms with Gasteiger partial charge in [-0.05, 0) is 30.2 Å². The lowest BCUT2D eigenvalue weighted by Crippen LogP contribution is -2.27. The summed E-state index contributed by atoms with van der Waals surface area (Å²) in [6, 6.07) is 6.32. The van der Waals surface area contributed by atoms with Gasteiger partial charge in [-0.15, -0.1) is 0 Å². The van der Waals surface area contributed by atoms with Crippen LogP contribution in [0.5, 0.6) is 0 Å². The summed E-state index contributed by atoms with van der Waals surface area (Å²) in [5.74, 6) is 1.60. The quantitative estimate of drug-likeness (QED) is 0.677. The van der Waals surface area contributed by atoms with E-state index < -0.39 is 11.0 Å². The highest BCUT2D eigenvalue weighted by Gasteiger charge is 2.36. The third kappa shape index (κ3) is 2.69. The maximum absolute atomic E-state index is 10.8. The SMILES string of the molecule is O=[N+]([O-])c1cccc(C(O)CN2CC3CCCC3C2)c1. The van der Waals surface area contributed by atoms with Crippen molar-refractivity contribution in [3.05, 3.63) is 39.9 Å². The molecule has 1 saturated heterocycles. The monoisotopic (exact) mass is 276 g/mol. The van der Waals surface area contributed by atoms with Crippen LogP contribution in [0.2, 0.25) is 0 Å². The van der Waals surface area contributed by atoms with Gasteiger partial charge in [-0.3, -0.25) is 15.0 Å². The Bertz CT molecular complexity index is 494. The Kier molecular flexibility index (Phi) is 3.72. The summed E-state index contributed by atoms with van der Waals surface area (Å²) < 4.78 is 0. The van der Waals surface area contributed by atoms with Gasteiger partial charge in [0.25, 0.3) is 5.69 Å². The summed E-state index contributed by atoms with van der Waals surface area (Å²) in [7, 11) is 0. The zero-order chi connectivity index (χ0) is 14.1. The molecule has 5 nitrogen and oxygen atoms in total. The van der Waals surface area contributed by atoms with E-state index in [0.717, 1.165) is 24.9 Å². The van der Waals surface area contributed by atoms with Crippen LogP contribution in [0.25, 0.3) is 0 Å². The smallest absolute Gasteiger partial charge is 0.269 e. The molecule has 1 aliphatic heterocycles. The first-order valence-corrected chi connectivity index (χ1v) is 7.28. The van der Waals surface area contributed by atoms with Crippen molar-refractivity contribution in [2.45, 2.75) is 25.4 Å². The highest BCUT2D eigenvalue weighted by molar-refractivity contribution is 5.35. The Labute approximate surface area is 118 Å². The summed E-state index contributed by atoms with van der Waals surface area (Å²) in [5, 5.41) is 21.1. The van der Waals surface area contributed by atoms with Gasteiger partial charge in [-0.25, -0.2) is 0 Å². The van der Waals surface area contributed by atoms with E-state index in [0.29, 0.717) is 12.1 Å². The van der Waals surface area contributed by atoms with Gasteiger partial charge >= 0.3 is 0 Å². The van der Waals surface area contributed by atoms with Crippen LogP contribution >= 0.6 is 0 Å². The highest BCUT2D eigenvalue weighted by atomic mass is 16.6. The van der Waals surface area contributed by atoms with Crippen molar-refractivity contribution in [3.63, 3.8) is 0 Å². The van der Waals surface area contributed by atoms with E-state index >= 15 is 0 Å². The van der Waals surface area contributed by atoms with Gasteiger partial charge in [-0.2, -0.15) is 0 Å². The van der Waals surface area contributed by atoms with Crippen LogP contribution in [0.3, 0.4) is 0 Å². The molecule has 3 atom stereocenters. The molecule has 0 spiro atoms. The van der Waals surface area contributed by atoms with E-state index in [1.165, 1.54) is 31.4 Å². The number of rotatable bonds is 4. The second kappa shape index (κ2) is 5.50. The number of aliphatic hydroxyl groups excluding tert-OH is 1. The van der Waals surface area contributed by atoms with E-state index in [-0.39, 0.29) is 5.69 Å². The number of nitrogens with zero attached hydrogens (tertiary/aromatic N) is 2. The molecule has 1 N–H and O–H groups in total. The molecular formula is C15H20N2O3. The molecular weight excluding hydrogens is 256 g/mol. The topological polar surface area (TPSA) is 66.6 Å². The maximum Gasteiger partial charge on any atom is 0.269 e. The van der Waals surface area contributed by atoms with Crippen LogP contribution in [-0.4, -0.2) is 34.6 Å². The number of aliphatic hydroxyl groups is 1. The minimum absolute atomic E-state index is 0.0415. The van der Waals surface area contributed by atoms with Crippen molar-refractivity contribution in [2.75, 3.05) is 19.6 Å². The molecule has 20 heavy (non-hydrogen) atoms. The van der Waals surface area contributed by atoms with Crippen LogP contribution in [-0.2, 0) is 0 Å². The Balaban J connectivity index is 1.63. The van der Waals surface area contributed by atoms with E-state index in [4.69, 9.17) is 0 Å². The zero-order valence-corrected chi connectivity index (χ0v) is 11.4. The van der Waals surface area contributed by atoms with E-state index in [1.54, 1.807) is 12.1 Å². The maximum atomic E-state index is 10.8. The second-order valence-electron chi connectivity index (χ2n) is 6.04. The number of nitro benzene ring substituents is 1. The number of likely N-dealkylation sites (tertiary alicyclic amines) is 1. The molecule has 1 aromatic rings. The fourth-order valence-electron chi connectivity index (χ4n) is 3.68. The third-order valence-corrected chi connectivity index (χ3v) is 4.70. The lowest BCUT2D eigenvalue weighted by molar-refractivity contribution is -0.385. The predicted octanol–water partition coefficient (Wildman–Crippen LogP) is 2.36. The van der Waals surface area contributed by atoms with Gasteiger partial charge in [0.2, 0.25) is 0 Å². The van der Waals surface area contributed by atoms with Crippen LogP contribution < -0.4 is 0 Å². The van der Waals surface area contributed by atoms with Crippen molar-refractivity contribution in [3.8, 4) is 0 Å². The van der Waals surface area contributed by atoms with Gasteiger partial charge in [0, 0.05) is 31.8 Å². The zero-order valence-electron chi connectivity index (χ0n) is 11.4. The molecule has 1 aromatic carbocycles. The van der Waals surface area contributed by atoms with Crippen molar-refractivity contribution >= 4 is 5.69 Å². The molecule has 5 heteroatoms. The Morgan fingerprint density at radius 2 is 2.05 bits per heavy atom. The lowest BCUT2D eigenvalue weighted by Gasteiger charge is -2.20. The molecule has 2 aliphatic rings. The minimum atomic E-state index is -0.645. The summed E-state index contributed by atoms with van der Waals surface area (Å²) in [6.45, 7) is 2.71. The molecule has 1 heterocycles.